The number of carbonyl (C=O) groups excluding carboxylic acids is 1. The molecule has 1 heterocycles. The van der Waals surface area contributed by atoms with Crippen LogP contribution < -0.4 is 5.32 Å². The van der Waals surface area contributed by atoms with Crippen LogP contribution in [0.1, 0.15) is 38.3 Å². The number of carboxylic acid groups (broad SMARTS) is 1. The largest absolute Gasteiger partial charge is 0.481 e. The summed E-state index contributed by atoms with van der Waals surface area (Å²) in [5.41, 5.74) is 1.84. The van der Waals surface area contributed by atoms with Gasteiger partial charge in [0.15, 0.2) is 0 Å². The van der Waals surface area contributed by atoms with E-state index in [1.165, 1.54) is 0 Å². The Morgan fingerprint density at radius 2 is 2.00 bits per heavy atom. The van der Waals surface area contributed by atoms with Gasteiger partial charge in [0.1, 0.15) is 0 Å². The van der Waals surface area contributed by atoms with E-state index in [1.54, 1.807) is 16.2 Å². The molecule has 0 fully saturated rings. The molecule has 0 atom stereocenters. The molecule has 6 heteroatoms. The van der Waals surface area contributed by atoms with Gasteiger partial charge in [0.2, 0.25) is 0 Å². The van der Waals surface area contributed by atoms with Crippen LogP contribution in [-0.2, 0) is 11.3 Å². The molecular weight excluding hydrogens is 276 g/mol. The Hall–Kier alpha value is -1.56. The first-order valence-corrected chi connectivity index (χ1v) is 7.45. The summed E-state index contributed by atoms with van der Waals surface area (Å²) in [6, 6.07) is -0.232. The Bertz CT molecular complexity index is 477. The van der Waals surface area contributed by atoms with Gasteiger partial charge in [0.25, 0.3) is 0 Å². The molecule has 0 saturated carbocycles. The fraction of sp³-hybridized carbons (Fsp3) is 0.571. The van der Waals surface area contributed by atoms with Crippen molar-refractivity contribution in [3.63, 3.8) is 0 Å². The molecule has 0 aliphatic rings. The van der Waals surface area contributed by atoms with Crippen molar-refractivity contribution in [3.05, 3.63) is 21.9 Å². The minimum absolute atomic E-state index is 0.0534. The number of nitrogens with zero attached hydrogens (tertiary/aromatic N) is 1. The fourth-order valence-corrected chi connectivity index (χ4v) is 2.64. The molecule has 0 spiro atoms. The highest BCUT2D eigenvalue weighted by molar-refractivity contribution is 7.08. The molecule has 2 amide bonds. The molecule has 0 radical (unpaired) electrons. The van der Waals surface area contributed by atoms with Crippen molar-refractivity contribution < 1.29 is 14.7 Å². The van der Waals surface area contributed by atoms with Crippen LogP contribution in [0.25, 0.3) is 0 Å². The molecular formula is C14H22N2O3S. The maximum Gasteiger partial charge on any atom is 0.318 e. The van der Waals surface area contributed by atoms with Gasteiger partial charge in [0.05, 0.1) is 6.42 Å². The molecule has 0 unspecified atom stereocenters. The van der Waals surface area contributed by atoms with Crippen molar-refractivity contribution in [2.24, 2.45) is 0 Å². The number of carboxylic acids is 1. The lowest BCUT2D eigenvalue weighted by Gasteiger charge is -2.35. The lowest BCUT2D eigenvalue weighted by molar-refractivity contribution is -0.137. The molecule has 1 aromatic rings. The summed E-state index contributed by atoms with van der Waals surface area (Å²) in [4.78, 5) is 24.5. The minimum Gasteiger partial charge on any atom is -0.481 e. The van der Waals surface area contributed by atoms with Crippen molar-refractivity contribution in [3.8, 4) is 0 Å². The first kappa shape index (κ1) is 16.5. The van der Waals surface area contributed by atoms with Crippen molar-refractivity contribution >= 4 is 23.3 Å². The number of nitrogens with one attached hydrogen (secondary N) is 1. The van der Waals surface area contributed by atoms with Gasteiger partial charge in [-0.25, -0.2) is 4.79 Å². The molecule has 5 nitrogen and oxygen atoms in total. The van der Waals surface area contributed by atoms with Gasteiger partial charge in [-0.3, -0.25) is 4.79 Å². The number of hydrogen-bond acceptors (Lipinski definition) is 3. The summed E-state index contributed by atoms with van der Waals surface area (Å²) >= 11 is 1.60. The fourth-order valence-electron chi connectivity index (χ4n) is 1.78. The Balaban J connectivity index is 2.64. The Morgan fingerprint density at radius 1 is 1.35 bits per heavy atom. The second-order valence-electron chi connectivity index (χ2n) is 5.70. The molecule has 0 aromatic carbocycles. The van der Waals surface area contributed by atoms with E-state index in [1.807, 2.05) is 38.5 Å². The second kappa shape index (κ2) is 6.74. The lowest BCUT2D eigenvalue weighted by Crippen LogP contribution is -2.50. The monoisotopic (exact) mass is 298 g/mol. The Kier molecular flexibility index (Phi) is 5.56. The van der Waals surface area contributed by atoms with E-state index in [0.29, 0.717) is 6.54 Å². The van der Waals surface area contributed by atoms with Gasteiger partial charge in [-0.05, 0) is 49.6 Å². The highest BCUT2D eigenvalue weighted by Gasteiger charge is 2.26. The third-order valence-electron chi connectivity index (χ3n) is 3.00. The van der Waals surface area contributed by atoms with Gasteiger partial charge < -0.3 is 15.3 Å². The van der Waals surface area contributed by atoms with E-state index >= 15 is 0 Å². The normalized spacial score (nSPS) is 11.2. The first-order valence-electron chi connectivity index (χ1n) is 6.50. The Morgan fingerprint density at radius 3 is 2.45 bits per heavy atom. The van der Waals surface area contributed by atoms with Gasteiger partial charge in [-0.1, -0.05) is 0 Å². The average Bonchev–Trinajstić information content (AvgIpc) is 2.70. The molecule has 0 saturated heterocycles. The van der Waals surface area contributed by atoms with Gasteiger partial charge in [-0.2, -0.15) is 11.3 Å². The van der Waals surface area contributed by atoms with E-state index in [4.69, 9.17) is 5.11 Å². The summed E-state index contributed by atoms with van der Waals surface area (Å²) in [5, 5.41) is 15.7. The molecule has 112 valence electrons. The van der Waals surface area contributed by atoms with Crippen LogP contribution in [0.2, 0.25) is 0 Å². The predicted molar refractivity (Wildman–Crippen MR) is 80.0 cm³/mol. The van der Waals surface area contributed by atoms with Gasteiger partial charge >= 0.3 is 12.0 Å². The molecule has 20 heavy (non-hydrogen) atoms. The predicted octanol–water partition coefficient (Wildman–Crippen LogP) is 2.84. The zero-order valence-corrected chi connectivity index (χ0v) is 13.2. The minimum atomic E-state index is -0.902. The number of aryl methyl sites for hydroxylation is 1. The highest BCUT2D eigenvalue weighted by atomic mass is 32.1. The number of hydrogen-bond donors (Lipinski definition) is 2. The summed E-state index contributed by atoms with van der Waals surface area (Å²) in [5.74, 6) is -0.902. The summed E-state index contributed by atoms with van der Waals surface area (Å²) in [6.45, 7) is 8.35. The van der Waals surface area contributed by atoms with Gasteiger partial charge in [-0.15, -0.1) is 0 Å². The topological polar surface area (TPSA) is 69.6 Å². The lowest BCUT2D eigenvalue weighted by atomic mass is 10.1. The van der Waals surface area contributed by atoms with E-state index in [-0.39, 0.29) is 19.0 Å². The van der Waals surface area contributed by atoms with E-state index in [9.17, 15) is 9.59 Å². The standard InChI is InChI=1S/C14H22N2O3S/c1-10-8-20-9-11(10)7-15-13(19)16(14(2,3)4)6-5-12(17)18/h8-9H,5-7H2,1-4H3,(H,15,19)(H,17,18). The zero-order valence-electron chi connectivity index (χ0n) is 12.4. The molecule has 1 rings (SSSR count). The number of carbonyl (C=O) groups is 2. The summed E-state index contributed by atoms with van der Waals surface area (Å²) in [7, 11) is 0. The molecule has 1 aromatic heterocycles. The van der Waals surface area contributed by atoms with Crippen LogP contribution in [0.3, 0.4) is 0 Å². The summed E-state index contributed by atoms with van der Waals surface area (Å²) in [6.07, 6.45) is -0.0534. The van der Waals surface area contributed by atoms with Crippen molar-refractivity contribution in [2.45, 2.75) is 46.2 Å². The zero-order chi connectivity index (χ0) is 15.3. The SMILES string of the molecule is Cc1cscc1CNC(=O)N(CCC(=O)O)C(C)(C)C. The van der Waals surface area contributed by atoms with E-state index in [0.717, 1.165) is 11.1 Å². The summed E-state index contributed by atoms with van der Waals surface area (Å²) < 4.78 is 0. The number of aliphatic carboxylic acids is 1. The van der Waals surface area contributed by atoms with Crippen LogP contribution in [0.4, 0.5) is 4.79 Å². The van der Waals surface area contributed by atoms with Gasteiger partial charge in [0, 0.05) is 18.6 Å². The quantitative estimate of drug-likeness (QED) is 0.878. The number of thiophene rings is 1. The number of amides is 2. The number of urea groups is 1. The maximum absolute atomic E-state index is 12.2. The third kappa shape index (κ3) is 4.85. The second-order valence-corrected chi connectivity index (χ2v) is 6.45. The van der Waals surface area contributed by atoms with Crippen LogP contribution in [-0.4, -0.2) is 34.1 Å². The molecule has 2 N–H and O–H groups in total. The van der Waals surface area contributed by atoms with Crippen LogP contribution in [0.5, 0.6) is 0 Å². The van der Waals surface area contributed by atoms with E-state index in [2.05, 4.69) is 5.32 Å². The molecule has 0 aliphatic heterocycles. The van der Waals surface area contributed by atoms with Crippen molar-refractivity contribution in [1.29, 1.82) is 0 Å². The van der Waals surface area contributed by atoms with Crippen molar-refractivity contribution in [1.82, 2.24) is 10.2 Å². The third-order valence-corrected chi connectivity index (χ3v) is 3.91. The molecule has 0 aliphatic carbocycles. The average molecular weight is 298 g/mol. The number of rotatable bonds is 5. The smallest absolute Gasteiger partial charge is 0.318 e. The molecule has 0 bridgehead atoms. The van der Waals surface area contributed by atoms with Crippen molar-refractivity contribution in [2.75, 3.05) is 6.54 Å². The highest BCUT2D eigenvalue weighted by Crippen LogP contribution is 2.16. The first-order chi connectivity index (χ1) is 9.21. The van der Waals surface area contributed by atoms with Crippen LogP contribution in [0, 0.1) is 6.92 Å². The van der Waals surface area contributed by atoms with E-state index < -0.39 is 11.5 Å². The Labute approximate surface area is 123 Å². The maximum atomic E-state index is 12.2. The van der Waals surface area contributed by atoms with Crippen LogP contribution in [0.15, 0.2) is 10.8 Å². The van der Waals surface area contributed by atoms with Crippen LogP contribution >= 0.6 is 11.3 Å².